The first-order valence-corrected chi connectivity index (χ1v) is 7.73. The molecule has 0 aromatic carbocycles. The van der Waals surface area contributed by atoms with E-state index in [4.69, 9.17) is 4.74 Å². The number of allylic oxidation sites excluding steroid dienone is 2. The first-order chi connectivity index (χ1) is 9.24. The zero-order chi connectivity index (χ0) is 12.5. The largest absolute Gasteiger partial charge is 0.393 e. The van der Waals surface area contributed by atoms with Gasteiger partial charge in [-0.2, -0.15) is 0 Å². The molecule has 1 heterocycles. The normalized spacial score (nSPS) is 59.2. The molecule has 2 unspecified atom stereocenters. The van der Waals surface area contributed by atoms with Gasteiger partial charge in [0.25, 0.3) is 0 Å². The second kappa shape index (κ2) is 2.68. The van der Waals surface area contributed by atoms with Crippen molar-refractivity contribution in [3.8, 4) is 0 Å². The third kappa shape index (κ3) is 0.836. The van der Waals surface area contributed by atoms with Crippen molar-refractivity contribution >= 4 is 11.9 Å². The number of hydrogen-bond acceptors (Lipinski definition) is 3. The predicted octanol–water partition coefficient (Wildman–Crippen LogP) is 1.92. The number of hydrogen-bond donors (Lipinski definition) is 0. The molecule has 3 nitrogen and oxygen atoms in total. The van der Waals surface area contributed by atoms with Crippen molar-refractivity contribution in [1.29, 1.82) is 0 Å². The average Bonchev–Trinajstić information content (AvgIpc) is 3.10. The number of carbonyl (C=O) groups excluding carboxylic acids is 2. The molecule has 5 aliphatic carbocycles. The smallest absolute Gasteiger partial charge is 0.318 e. The lowest BCUT2D eigenvalue weighted by molar-refractivity contribution is -0.154. The number of cyclic esters (lactones) is 2. The lowest BCUT2D eigenvalue weighted by atomic mass is 9.76. The van der Waals surface area contributed by atoms with E-state index in [0.29, 0.717) is 11.8 Å². The van der Waals surface area contributed by atoms with Crippen molar-refractivity contribution in [3.63, 3.8) is 0 Å². The molecule has 0 radical (unpaired) electrons. The topological polar surface area (TPSA) is 43.4 Å². The van der Waals surface area contributed by atoms with Crippen LogP contribution >= 0.6 is 0 Å². The summed E-state index contributed by atoms with van der Waals surface area (Å²) in [5.41, 5.74) is 3.29. The molecule has 4 bridgehead atoms. The highest BCUT2D eigenvalue weighted by Crippen LogP contribution is 2.72. The fourth-order valence-corrected chi connectivity index (χ4v) is 7.04. The van der Waals surface area contributed by atoms with Gasteiger partial charge in [0, 0.05) is 0 Å². The van der Waals surface area contributed by atoms with Gasteiger partial charge < -0.3 is 4.74 Å². The quantitative estimate of drug-likeness (QED) is 0.378. The summed E-state index contributed by atoms with van der Waals surface area (Å²) in [6, 6.07) is 0. The predicted molar refractivity (Wildman–Crippen MR) is 64.5 cm³/mol. The summed E-state index contributed by atoms with van der Waals surface area (Å²) in [7, 11) is 0. The maximum absolute atomic E-state index is 12.0. The van der Waals surface area contributed by atoms with Crippen molar-refractivity contribution in [3.05, 3.63) is 11.1 Å². The molecule has 0 N–H and O–H groups in total. The average molecular weight is 256 g/mol. The minimum absolute atomic E-state index is 0.104. The second-order valence-corrected chi connectivity index (χ2v) is 7.60. The Balaban J connectivity index is 1.54. The van der Waals surface area contributed by atoms with Crippen molar-refractivity contribution in [2.75, 3.05) is 0 Å². The first kappa shape index (κ1) is 9.73. The van der Waals surface area contributed by atoms with Crippen LogP contribution in [0.4, 0.5) is 0 Å². The van der Waals surface area contributed by atoms with E-state index in [2.05, 4.69) is 0 Å². The highest BCUT2D eigenvalue weighted by molar-refractivity contribution is 5.98. The molecule has 0 aromatic rings. The third-order valence-electron chi connectivity index (χ3n) is 7.25. The van der Waals surface area contributed by atoms with Crippen LogP contribution in [0.25, 0.3) is 0 Å². The Hall–Kier alpha value is -1.12. The Morgan fingerprint density at radius 1 is 0.737 bits per heavy atom. The van der Waals surface area contributed by atoms with E-state index >= 15 is 0 Å². The monoisotopic (exact) mass is 256 g/mol. The molecule has 0 spiro atoms. The minimum Gasteiger partial charge on any atom is -0.393 e. The number of esters is 2. The molecule has 6 aliphatic rings. The summed E-state index contributed by atoms with van der Waals surface area (Å²) in [6.45, 7) is 0. The third-order valence-corrected chi connectivity index (χ3v) is 7.25. The lowest BCUT2D eigenvalue weighted by Crippen LogP contribution is -2.27. The molecule has 6 rings (SSSR count). The van der Waals surface area contributed by atoms with Crippen molar-refractivity contribution < 1.29 is 14.3 Å². The van der Waals surface area contributed by atoms with Gasteiger partial charge in [-0.15, -0.1) is 0 Å². The second-order valence-electron chi connectivity index (χ2n) is 7.60. The summed E-state index contributed by atoms with van der Waals surface area (Å²) in [6.07, 6.45) is 5.22. The van der Waals surface area contributed by atoms with Gasteiger partial charge in [0.15, 0.2) is 0 Å². The number of fused-ring (bicyclic) bond motifs is 10. The molecular weight excluding hydrogens is 240 g/mol. The van der Waals surface area contributed by atoms with Gasteiger partial charge in [-0.25, -0.2) is 0 Å². The van der Waals surface area contributed by atoms with Crippen LogP contribution in [0.5, 0.6) is 0 Å². The van der Waals surface area contributed by atoms with Gasteiger partial charge in [-0.1, -0.05) is 11.1 Å². The van der Waals surface area contributed by atoms with Crippen LogP contribution in [0.3, 0.4) is 0 Å². The van der Waals surface area contributed by atoms with E-state index in [1.165, 1.54) is 19.3 Å². The summed E-state index contributed by atoms with van der Waals surface area (Å²) in [5, 5.41) is 0. The number of carbonyl (C=O) groups is 2. The Bertz CT molecular complexity index is 543. The van der Waals surface area contributed by atoms with Crippen LogP contribution in [0.15, 0.2) is 11.1 Å². The molecule has 4 fully saturated rings. The van der Waals surface area contributed by atoms with E-state index in [-0.39, 0.29) is 23.8 Å². The molecule has 19 heavy (non-hydrogen) atoms. The molecule has 1 saturated heterocycles. The zero-order valence-electron chi connectivity index (χ0n) is 10.7. The van der Waals surface area contributed by atoms with Crippen LogP contribution in [-0.4, -0.2) is 11.9 Å². The highest BCUT2D eigenvalue weighted by atomic mass is 16.6. The maximum Gasteiger partial charge on any atom is 0.318 e. The molecule has 8 atom stereocenters. The van der Waals surface area contributed by atoms with Gasteiger partial charge in [-0.05, 0) is 61.2 Å². The standard InChI is InChI=1S/C16H16O3/c17-15-13-9-4-10(14(13)16(18)19-15)12-8-3-5-1-6(8)7(2-5)11(9)12/h5-10,13-14H,1-4H2/t5?,6?,7-,8+,9-,10-,13-,14+/m0/s1. The summed E-state index contributed by atoms with van der Waals surface area (Å²) >= 11 is 0. The van der Waals surface area contributed by atoms with Crippen LogP contribution in [0, 0.1) is 47.3 Å². The maximum atomic E-state index is 12.0. The molecular formula is C16H16O3. The Labute approximate surface area is 111 Å². The van der Waals surface area contributed by atoms with Gasteiger partial charge >= 0.3 is 11.9 Å². The van der Waals surface area contributed by atoms with Gasteiger partial charge in [0.2, 0.25) is 0 Å². The lowest BCUT2D eigenvalue weighted by Gasteiger charge is -2.25. The summed E-state index contributed by atoms with van der Waals surface area (Å²) in [4.78, 5) is 23.9. The molecule has 3 saturated carbocycles. The van der Waals surface area contributed by atoms with Gasteiger partial charge in [0.05, 0.1) is 11.8 Å². The SMILES string of the molecule is O=C1OC(=O)[C@H]2[C@@H]1[C@H]1C[C@H]2C2=C1[C@H]1CC3CC1[C@H]2C3. The van der Waals surface area contributed by atoms with E-state index in [0.717, 1.165) is 30.1 Å². The fraction of sp³-hybridized carbons (Fsp3) is 0.750. The fourth-order valence-electron chi connectivity index (χ4n) is 7.04. The van der Waals surface area contributed by atoms with Crippen LogP contribution in [0.1, 0.15) is 25.7 Å². The Morgan fingerprint density at radius 3 is 1.84 bits per heavy atom. The Kier molecular flexibility index (Phi) is 1.37. The molecule has 98 valence electrons. The van der Waals surface area contributed by atoms with Crippen molar-refractivity contribution in [2.24, 2.45) is 47.3 Å². The van der Waals surface area contributed by atoms with Crippen LogP contribution in [-0.2, 0) is 14.3 Å². The van der Waals surface area contributed by atoms with E-state index < -0.39 is 0 Å². The van der Waals surface area contributed by atoms with Crippen LogP contribution in [0.2, 0.25) is 0 Å². The van der Waals surface area contributed by atoms with Crippen molar-refractivity contribution in [2.45, 2.75) is 25.7 Å². The number of rotatable bonds is 0. The minimum atomic E-state index is -0.220. The molecule has 1 aliphatic heterocycles. The highest BCUT2D eigenvalue weighted by Gasteiger charge is 2.69. The van der Waals surface area contributed by atoms with E-state index in [1.54, 1.807) is 11.1 Å². The molecule has 0 aromatic heterocycles. The zero-order valence-corrected chi connectivity index (χ0v) is 10.7. The summed E-state index contributed by atoms with van der Waals surface area (Å²) in [5.74, 6) is 3.47. The first-order valence-electron chi connectivity index (χ1n) is 7.73. The summed E-state index contributed by atoms with van der Waals surface area (Å²) < 4.78 is 4.93. The Morgan fingerprint density at radius 2 is 1.32 bits per heavy atom. The molecule has 3 heteroatoms. The van der Waals surface area contributed by atoms with E-state index in [9.17, 15) is 9.59 Å². The molecule has 0 amide bonds. The van der Waals surface area contributed by atoms with Gasteiger partial charge in [-0.3, -0.25) is 9.59 Å². The van der Waals surface area contributed by atoms with Crippen LogP contribution < -0.4 is 0 Å². The van der Waals surface area contributed by atoms with Gasteiger partial charge in [0.1, 0.15) is 0 Å². The van der Waals surface area contributed by atoms with E-state index in [1.807, 2.05) is 0 Å². The number of ether oxygens (including phenoxy) is 1. The van der Waals surface area contributed by atoms with Crippen molar-refractivity contribution in [1.82, 2.24) is 0 Å².